The fraction of sp³-hybridized carbons (Fsp3) is 0.750. The lowest BCUT2D eigenvalue weighted by Crippen LogP contribution is -2.31. The molecule has 0 aromatic carbocycles. The average Bonchev–Trinajstić information content (AvgIpc) is 2.50. The van der Waals surface area contributed by atoms with Crippen LogP contribution in [0.2, 0.25) is 0 Å². The molecule has 0 rings (SSSR count). The van der Waals surface area contributed by atoms with E-state index < -0.39 is 36.1 Å². The monoisotopic (exact) mass is 346 g/mol. The molecule has 0 aromatic rings. The van der Waals surface area contributed by atoms with Crippen LogP contribution in [0, 0.1) is 11.8 Å². The number of carbonyl (C=O) groups is 4. The molecule has 138 valence electrons. The van der Waals surface area contributed by atoms with Crippen molar-refractivity contribution in [2.45, 2.75) is 53.8 Å². The van der Waals surface area contributed by atoms with Gasteiger partial charge in [-0.05, 0) is 13.8 Å². The highest BCUT2D eigenvalue weighted by Gasteiger charge is 2.22. The van der Waals surface area contributed by atoms with Gasteiger partial charge in [0, 0.05) is 0 Å². The first-order valence-electron chi connectivity index (χ1n) is 7.80. The van der Waals surface area contributed by atoms with Gasteiger partial charge < -0.3 is 18.9 Å². The minimum absolute atomic E-state index is 0.195. The van der Waals surface area contributed by atoms with Crippen molar-refractivity contribution in [3.8, 4) is 0 Å². The van der Waals surface area contributed by atoms with Crippen LogP contribution in [0.5, 0.6) is 0 Å². The number of rotatable bonds is 9. The second kappa shape index (κ2) is 10.6. The van der Waals surface area contributed by atoms with E-state index in [4.69, 9.17) is 18.9 Å². The van der Waals surface area contributed by atoms with E-state index >= 15 is 0 Å². The summed E-state index contributed by atoms with van der Waals surface area (Å²) >= 11 is 0. The molecule has 0 saturated heterocycles. The first-order valence-corrected chi connectivity index (χ1v) is 7.80. The topological polar surface area (TPSA) is 105 Å². The lowest BCUT2D eigenvalue weighted by atomic mass is 10.2. The van der Waals surface area contributed by atoms with Crippen LogP contribution >= 0.6 is 0 Å². The van der Waals surface area contributed by atoms with Gasteiger partial charge in [-0.1, -0.05) is 27.7 Å². The molecular formula is C16H26O8. The van der Waals surface area contributed by atoms with E-state index in [9.17, 15) is 19.2 Å². The van der Waals surface area contributed by atoms with Crippen molar-refractivity contribution < 1.29 is 38.1 Å². The van der Waals surface area contributed by atoms with Gasteiger partial charge in [0.25, 0.3) is 0 Å². The highest BCUT2D eigenvalue weighted by molar-refractivity contribution is 5.80. The van der Waals surface area contributed by atoms with Crippen molar-refractivity contribution >= 4 is 23.9 Å². The molecule has 8 heteroatoms. The van der Waals surface area contributed by atoms with Crippen LogP contribution in [-0.4, -0.2) is 49.3 Å². The molecule has 0 N–H and O–H groups in total. The lowest BCUT2D eigenvalue weighted by molar-refractivity contribution is -0.173. The smallest absolute Gasteiger partial charge is 0.347 e. The van der Waals surface area contributed by atoms with Crippen molar-refractivity contribution in [1.82, 2.24) is 0 Å². The van der Waals surface area contributed by atoms with Crippen LogP contribution in [0.15, 0.2) is 0 Å². The molecule has 2 atom stereocenters. The van der Waals surface area contributed by atoms with Crippen LogP contribution < -0.4 is 0 Å². The van der Waals surface area contributed by atoms with Gasteiger partial charge in [0.15, 0.2) is 12.2 Å². The number of ether oxygens (including phenoxy) is 4. The fourth-order valence-electron chi connectivity index (χ4n) is 1.24. The number of hydrogen-bond donors (Lipinski definition) is 0. The molecule has 24 heavy (non-hydrogen) atoms. The Labute approximate surface area is 141 Å². The molecular weight excluding hydrogens is 320 g/mol. The fourth-order valence-corrected chi connectivity index (χ4v) is 1.24. The van der Waals surface area contributed by atoms with Crippen LogP contribution in [0.4, 0.5) is 0 Å². The van der Waals surface area contributed by atoms with Gasteiger partial charge in [0.2, 0.25) is 0 Å². The minimum Gasteiger partial charge on any atom is -0.459 e. The summed E-state index contributed by atoms with van der Waals surface area (Å²) in [6.07, 6.45) is -2.08. The number of hydrogen-bond acceptors (Lipinski definition) is 8. The Hall–Kier alpha value is -2.12. The van der Waals surface area contributed by atoms with Crippen molar-refractivity contribution in [3.05, 3.63) is 0 Å². The average molecular weight is 346 g/mol. The maximum atomic E-state index is 11.6. The van der Waals surface area contributed by atoms with E-state index in [2.05, 4.69) is 0 Å². The largest absolute Gasteiger partial charge is 0.459 e. The molecule has 0 aliphatic rings. The Bertz CT molecular complexity index is 413. The second-order valence-electron chi connectivity index (χ2n) is 5.80. The van der Waals surface area contributed by atoms with E-state index in [1.54, 1.807) is 27.7 Å². The Balaban J connectivity index is 4.03. The third-order valence-corrected chi connectivity index (χ3v) is 2.76. The van der Waals surface area contributed by atoms with Crippen molar-refractivity contribution in [1.29, 1.82) is 0 Å². The zero-order chi connectivity index (χ0) is 18.9. The van der Waals surface area contributed by atoms with Gasteiger partial charge in [0.05, 0.1) is 11.8 Å². The molecule has 0 heterocycles. The summed E-state index contributed by atoms with van der Waals surface area (Å²) in [5, 5.41) is 0. The zero-order valence-electron chi connectivity index (χ0n) is 15.0. The molecule has 0 bridgehead atoms. The Kier molecular flexibility index (Phi) is 9.68. The summed E-state index contributed by atoms with van der Waals surface area (Å²) in [6, 6.07) is 0. The van der Waals surface area contributed by atoms with E-state index in [0.29, 0.717) is 0 Å². The molecule has 0 fully saturated rings. The molecule has 0 spiro atoms. The highest BCUT2D eigenvalue weighted by Crippen LogP contribution is 2.04. The SMILES string of the molecule is CC(C)C(=O)OC(C)C(=O)OCCOC(=O)C(C)OC(=O)C(C)C. The maximum Gasteiger partial charge on any atom is 0.347 e. The highest BCUT2D eigenvalue weighted by atomic mass is 16.6. The van der Waals surface area contributed by atoms with Crippen molar-refractivity contribution in [2.24, 2.45) is 11.8 Å². The van der Waals surface area contributed by atoms with Crippen LogP contribution in [0.25, 0.3) is 0 Å². The molecule has 0 radical (unpaired) electrons. The first-order chi connectivity index (χ1) is 11.1. The predicted molar refractivity (Wildman–Crippen MR) is 82.7 cm³/mol. The van der Waals surface area contributed by atoms with Crippen molar-refractivity contribution in [2.75, 3.05) is 13.2 Å². The van der Waals surface area contributed by atoms with E-state index in [-0.39, 0.29) is 25.0 Å². The Morgan fingerprint density at radius 1 is 0.583 bits per heavy atom. The van der Waals surface area contributed by atoms with Gasteiger partial charge in [-0.15, -0.1) is 0 Å². The summed E-state index contributed by atoms with van der Waals surface area (Å²) < 4.78 is 19.4. The molecule has 0 saturated carbocycles. The Morgan fingerprint density at radius 2 is 0.875 bits per heavy atom. The second-order valence-corrected chi connectivity index (χ2v) is 5.80. The van der Waals surface area contributed by atoms with Gasteiger partial charge >= 0.3 is 23.9 Å². The van der Waals surface area contributed by atoms with E-state index in [1.165, 1.54) is 13.8 Å². The van der Waals surface area contributed by atoms with Gasteiger partial charge in [-0.3, -0.25) is 9.59 Å². The van der Waals surface area contributed by atoms with E-state index in [0.717, 1.165) is 0 Å². The molecule has 0 aliphatic carbocycles. The molecule has 0 aromatic heterocycles. The third-order valence-electron chi connectivity index (χ3n) is 2.76. The molecule has 8 nitrogen and oxygen atoms in total. The maximum absolute atomic E-state index is 11.6. The lowest BCUT2D eigenvalue weighted by Gasteiger charge is -2.15. The van der Waals surface area contributed by atoms with Crippen molar-refractivity contribution in [3.63, 3.8) is 0 Å². The minimum atomic E-state index is -1.04. The normalized spacial score (nSPS) is 13.2. The summed E-state index contributed by atoms with van der Waals surface area (Å²) in [5.41, 5.74) is 0. The van der Waals surface area contributed by atoms with Crippen LogP contribution in [0.1, 0.15) is 41.5 Å². The van der Waals surface area contributed by atoms with E-state index in [1.807, 2.05) is 0 Å². The summed E-state index contributed by atoms with van der Waals surface area (Å²) in [7, 11) is 0. The standard InChI is InChI=1S/C16H26O8/c1-9(2)13(17)23-11(5)15(19)21-7-8-22-16(20)12(6)24-14(18)10(3)4/h9-12H,7-8H2,1-6H3. The third kappa shape index (κ3) is 8.50. The number of carbonyl (C=O) groups excluding carboxylic acids is 4. The van der Waals surface area contributed by atoms with Crippen LogP contribution in [-0.2, 0) is 38.1 Å². The molecule has 0 amide bonds. The summed E-state index contributed by atoms with van der Waals surface area (Å²) in [4.78, 5) is 45.9. The summed E-state index contributed by atoms with van der Waals surface area (Å²) in [5.74, 6) is -3.19. The quantitative estimate of drug-likeness (QED) is 0.349. The summed E-state index contributed by atoms with van der Waals surface area (Å²) in [6.45, 7) is 8.97. The molecule has 0 aliphatic heterocycles. The predicted octanol–water partition coefficient (Wildman–Crippen LogP) is 1.25. The van der Waals surface area contributed by atoms with Gasteiger partial charge in [-0.2, -0.15) is 0 Å². The van der Waals surface area contributed by atoms with Gasteiger partial charge in [-0.25, -0.2) is 9.59 Å². The molecule has 2 unspecified atom stereocenters. The van der Waals surface area contributed by atoms with Gasteiger partial charge in [0.1, 0.15) is 13.2 Å². The first kappa shape index (κ1) is 21.9. The number of esters is 4. The zero-order valence-corrected chi connectivity index (χ0v) is 15.0. The Morgan fingerprint density at radius 3 is 1.12 bits per heavy atom. The van der Waals surface area contributed by atoms with Crippen LogP contribution in [0.3, 0.4) is 0 Å².